The van der Waals surface area contributed by atoms with Gasteiger partial charge in [0, 0.05) is 18.0 Å². The van der Waals surface area contributed by atoms with E-state index in [2.05, 4.69) is 10.2 Å². The van der Waals surface area contributed by atoms with Crippen molar-refractivity contribution in [3.63, 3.8) is 0 Å². The van der Waals surface area contributed by atoms with E-state index in [1.54, 1.807) is 29.2 Å². The van der Waals surface area contributed by atoms with E-state index in [0.717, 1.165) is 0 Å². The Morgan fingerprint density at radius 2 is 1.72 bits per heavy atom. The van der Waals surface area contributed by atoms with Crippen LogP contribution in [0.2, 0.25) is 0 Å². The van der Waals surface area contributed by atoms with Crippen molar-refractivity contribution in [1.29, 1.82) is 0 Å². The smallest absolute Gasteiger partial charge is 0.405 e. The molecule has 1 N–H and O–H groups in total. The second-order valence-electron chi connectivity index (χ2n) is 3.58. The summed E-state index contributed by atoms with van der Waals surface area (Å²) in [6.07, 6.45) is -1.16. The molecule has 18 heavy (non-hydrogen) atoms. The molecule has 2 rings (SSSR count). The Labute approximate surface area is 102 Å². The maximum atomic E-state index is 12.2. The fourth-order valence-corrected chi connectivity index (χ4v) is 1.49. The quantitative estimate of drug-likeness (QED) is 0.909. The molecular weight excluding hydrogens is 245 g/mol. The molecule has 0 saturated carbocycles. The molecule has 0 saturated heterocycles. The van der Waals surface area contributed by atoms with Crippen LogP contribution in [-0.2, 0) is 6.54 Å². The Kier molecular flexibility index (Phi) is 3.45. The summed E-state index contributed by atoms with van der Waals surface area (Å²) in [5, 5.41) is 0. The highest BCUT2D eigenvalue weighted by molar-refractivity contribution is 5.34. The van der Waals surface area contributed by atoms with E-state index in [9.17, 15) is 13.2 Å². The van der Waals surface area contributed by atoms with Gasteiger partial charge in [0.1, 0.15) is 5.75 Å². The van der Waals surface area contributed by atoms with E-state index in [4.69, 9.17) is 0 Å². The van der Waals surface area contributed by atoms with E-state index in [1.807, 2.05) is 12.1 Å². The normalized spacial score (nSPS) is 11.3. The number of nitrogens with zero attached hydrogens (tertiary/aromatic N) is 1. The highest BCUT2D eigenvalue weighted by Crippen LogP contribution is 2.26. The van der Waals surface area contributed by atoms with Crippen LogP contribution in [0.4, 0.5) is 13.2 Å². The fourth-order valence-electron chi connectivity index (χ4n) is 1.49. The third-order valence-electron chi connectivity index (χ3n) is 2.25. The van der Waals surface area contributed by atoms with E-state index in [-0.39, 0.29) is 12.3 Å². The number of halogens is 3. The van der Waals surface area contributed by atoms with Gasteiger partial charge in [-0.3, -0.25) is 4.68 Å². The summed E-state index contributed by atoms with van der Waals surface area (Å²) in [5.74, 6) is -0.190. The number of hydrogen-bond donors (Lipinski definition) is 1. The van der Waals surface area contributed by atoms with Crippen molar-refractivity contribution >= 4 is 0 Å². The predicted molar refractivity (Wildman–Crippen MR) is 60.6 cm³/mol. The summed E-state index contributed by atoms with van der Waals surface area (Å²) in [7, 11) is 0. The molecule has 1 heterocycles. The molecule has 1 aromatic carbocycles. The molecule has 0 bridgehead atoms. The monoisotopic (exact) mass is 256 g/mol. The maximum Gasteiger partial charge on any atom is 0.573 e. The lowest BCUT2D eigenvalue weighted by atomic mass is 10.2. The van der Waals surface area contributed by atoms with Crippen molar-refractivity contribution in [2.45, 2.75) is 12.9 Å². The van der Waals surface area contributed by atoms with E-state index in [1.165, 1.54) is 12.1 Å². The zero-order valence-corrected chi connectivity index (χ0v) is 9.32. The molecule has 0 unspecified atom stereocenters. The third kappa shape index (κ3) is 3.44. The van der Waals surface area contributed by atoms with Gasteiger partial charge in [0.2, 0.25) is 0 Å². The SMILES string of the molecule is FC(F)(F)Oc1ccccc1CNn1cccc1. The van der Waals surface area contributed by atoms with Gasteiger partial charge in [-0.25, -0.2) is 0 Å². The van der Waals surface area contributed by atoms with Gasteiger partial charge < -0.3 is 10.2 Å². The number of para-hydroxylation sites is 1. The van der Waals surface area contributed by atoms with Gasteiger partial charge in [-0.15, -0.1) is 13.2 Å². The van der Waals surface area contributed by atoms with Crippen LogP contribution in [-0.4, -0.2) is 11.0 Å². The molecule has 1 aromatic heterocycles. The van der Waals surface area contributed by atoms with Crippen molar-refractivity contribution < 1.29 is 17.9 Å². The number of alkyl halides is 3. The van der Waals surface area contributed by atoms with Gasteiger partial charge >= 0.3 is 6.36 Å². The van der Waals surface area contributed by atoms with Gasteiger partial charge in [0.25, 0.3) is 0 Å². The Hall–Kier alpha value is -2.11. The highest BCUT2D eigenvalue weighted by Gasteiger charge is 2.31. The molecule has 2 aromatic rings. The van der Waals surface area contributed by atoms with Crippen molar-refractivity contribution in [2.24, 2.45) is 0 Å². The molecule has 0 radical (unpaired) electrons. The Morgan fingerprint density at radius 3 is 2.39 bits per heavy atom. The average Bonchev–Trinajstić information content (AvgIpc) is 2.79. The summed E-state index contributed by atoms with van der Waals surface area (Å²) in [6, 6.07) is 9.66. The molecule has 0 amide bonds. The van der Waals surface area contributed by atoms with Crippen LogP contribution in [0, 0.1) is 0 Å². The molecule has 0 aliphatic heterocycles. The van der Waals surface area contributed by atoms with Crippen LogP contribution in [0.15, 0.2) is 48.8 Å². The van der Waals surface area contributed by atoms with Gasteiger partial charge in [-0.05, 0) is 18.2 Å². The Bertz CT molecular complexity index is 494. The van der Waals surface area contributed by atoms with Crippen molar-refractivity contribution in [1.82, 2.24) is 4.68 Å². The van der Waals surface area contributed by atoms with Crippen molar-refractivity contribution in [3.05, 3.63) is 54.4 Å². The van der Waals surface area contributed by atoms with Crippen molar-refractivity contribution in [2.75, 3.05) is 5.43 Å². The summed E-state index contributed by atoms with van der Waals surface area (Å²) in [5.41, 5.74) is 3.37. The van der Waals surface area contributed by atoms with Gasteiger partial charge in [0.15, 0.2) is 0 Å². The first kappa shape index (κ1) is 12.3. The van der Waals surface area contributed by atoms with Crippen LogP contribution < -0.4 is 10.2 Å². The van der Waals surface area contributed by atoms with Crippen molar-refractivity contribution in [3.8, 4) is 5.75 Å². The lowest BCUT2D eigenvalue weighted by Crippen LogP contribution is -2.19. The van der Waals surface area contributed by atoms with E-state index < -0.39 is 6.36 Å². The summed E-state index contributed by atoms with van der Waals surface area (Å²) < 4.78 is 42.2. The second kappa shape index (κ2) is 5.03. The van der Waals surface area contributed by atoms with Gasteiger partial charge in [0.05, 0.1) is 6.54 Å². The first-order chi connectivity index (χ1) is 8.54. The highest BCUT2D eigenvalue weighted by atomic mass is 19.4. The molecular formula is C12H11F3N2O. The Balaban J connectivity index is 2.07. The lowest BCUT2D eigenvalue weighted by Gasteiger charge is -2.14. The number of rotatable bonds is 4. The van der Waals surface area contributed by atoms with Gasteiger partial charge in [-0.1, -0.05) is 18.2 Å². The van der Waals surface area contributed by atoms with Crippen LogP contribution in [0.3, 0.4) is 0 Å². The molecule has 96 valence electrons. The predicted octanol–water partition coefficient (Wildman–Crippen LogP) is 3.13. The van der Waals surface area contributed by atoms with Crippen LogP contribution >= 0.6 is 0 Å². The standard InChI is InChI=1S/C12H11F3N2O/c13-12(14,15)18-11-6-2-1-5-10(11)9-16-17-7-3-4-8-17/h1-8,16H,9H2. The minimum Gasteiger partial charge on any atom is -0.405 e. The molecule has 0 spiro atoms. The molecule has 0 aliphatic rings. The first-order valence-corrected chi connectivity index (χ1v) is 5.25. The van der Waals surface area contributed by atoms with Crippen LogP contribution in [0.5, 0.6) is 5.75 Å². The molecule has 6 heteroatoms. The third-order valence-corrected chi connectivity index (χ3v) is 2.25. The zero-order valence-electron chi connectivity index (χ0n) is 9.32. The Morgan fingerprint density at radius 1 is 1.06 bits per heavy atom. The summed E-state index contributed by atoms with van der Waals surface area (Å²) >= 11 is 0. The number of hydrogen-bond acceptors (Lipinski definition) is 2. The second-order valence-corrected chi connectivity index (χ2v) is 3.58. The minimum absolute atomic E-state index is 0.190. The first-order valence-electron chi connectivity index (χ1n) is 5.25. The zero-order chi connectivity index (χ0) is 13.0. The van der Waals surface area contributed by atoms with Crippen LogP contribution in [0.25, 0.3) is 0 Å². The van der Waals surface area contributed by atoms with Crippen LogP contribution in [0.1, 0.15) is 5.56 Å². The van der Waals surface area contributed by atoms with Gasteiger partial charge in [-0.2, -0.15) is 0 Å². The summed E-state index contributed by atoms with van der Waals surface area (Å²) in [6.45, 7) is 0.237. The number of aromatic nitrogens is 1. The fraction of sp³-hybridized carbons (Fsp3) is 0.167. The molecule has 0 fully saturated rings. The largest absolute Gasteiger partial charge is 0.573 e. The lowest BCUT2D eigenvalue weighted by molar-refractivity contribution is -0.274. The maximum absolute atomic E-state index is 12.2. The number of ether oxygens (including phenoxy) is 1. The number of benzene rings is 1. The summed E-state index contributed by atoms with van der Waals surface area (Å²) in [4.78, 5) is 0. The average molecular weight is 256 g/mol. The topological polar surface area (TPSA) is 26.2 Å². The molecule has 0 atom stereocenters. The minimum atomic E-state index is -4.68. The van der Waals surface area contributed by atoms with E-state index in [0.29, 0.717) is 5.56 Å². The molecule has 3 nitrogen and oxygen atoms in total. The molecule has 0 aliphatic carbocycles. The van der Waals surface area contributed by atoms with E-state index >= 15 is 0 Å². The number of nitrogens with one attached hydrogen (secondary N) is 1.